The molecule has 3 rings (SSSR count). The maximum atomic E-state index is 6.20. The summed E-state index contributed by atoms with van der Waals surface area (Å²) in [6, 6.07) is 3.52. The van der Waals surface area contributed by atoms with Crippen molar-refractivity contribution >= 4 is 24.0 Å². The Labute approximate surface area is 139 Å². The van der Waals surface area contributed by atoms with Crippen molar-refractivity contribution in [2.24, 2.45) is 0 Å². The molecule has 0 saturated carbocycles. The summed E-state index contributed by atoms with van der Waals surface area (Å²) in [5.74, 6) is 2.46. The molecule has 6 nitrogen and oxygen atoms in total. The number of hydrogen-bond donors (Lipinski definition) is 1. The van der Waals surface area contributed by atoms with Gasteiger partial charge in [0.2, 0.25) is 11.7 Å². The molecular formula is C14H17Cl2N3O3. The second-order valence-electron chi connectivity index (χ2n) is 4.84. The summed E-state index contributed by atoms with van der Waals surface area (Å²) in [6.07, 6.45) is 1.01. The minimum Gasteiger partial charge on any atom is -0.493 e. The van der Waals surface area contributed by atoms with Gasteiger partial charge >= 0.3 is 0 Å². The first-order valence-electron chi connectivity index (χ1n) is 6.69. The highest BCUT2D eigenvalue weighted by Crippen LogP contribution is 2.38. The van der Waals surface area contributed by atoms with Gasteiger partial charge in [0.1, 0.15) is 0 Å². The third kappa shape index (κ3) is 3.14. The molecule has 2 heterocycles. The molecule has 1 fully saturated rings. The molecule has 8 heteroatoms. The van der Waals surface area contributed by atoms with Gasteiger partial charge in [-0.25, -0.2) is 0 Å². The van der Waals surface area contributed by atoms with Gasteiger partial charge in [-0.3, -0.25) is 0 Å². The van der Waals surface area contributed by atoms with Gasteiger partial charge in [0.15, 0.2) is 11.5 Å². The number of halogens is 2. The van der Waals surface area contributed by atoms with Gasteiger partial charge in [-0.1, -0.05) is 16.8 Å². The number of ether oxygens (including phenoxy) is 2. The van der Waals surface area contributed by atoms with E-state index in [0.717, 1.165) is 25.1 Å². The van der Waals surface area contributed by atoms with E-state index < -0.39 is 0 Å². The molecule has 1 aromatic heterocycles. The molecule has 1 atom stereocenters. The maximum Gasteiger partial charge on any atom is 0.231 e. The molecule has 1 aromatic carbocycles. The summed E-state index contributed by atoms with van der Waals surface area (Å²) in [5, 5.41) is 7.76. The molecule has 2 aromatic rings. The normalized spacial score (nSPS) is 17.1. The van der Waals surface area contributed by atoms with Crippen molar-refractivity contribution in [2.45, 2.75) is 12.3 Å². The molecule has 1 saturated heterocycles. The average molecular weight is 346 g/mol. The Hall–Kier alpha value is -1.50. The van der Waals surface area contributed by atoms with E-state index in [1.807, 2.05) is 0 Å². The van der Waals surface area contributed by atoms with Gasteiger partial charge in [0, 0.05) is 12.1 Å². The Morgan fingerprint density at radius 3 is 2.77 bits per heavy atom. The molecule has 1 N–H and O–H groups in total. The summed E-state index contributed by atoms with van der Waals surface area (Å²) in [5.41, 5.74) is 0.735. The quantitative estimate of drug-likeness (QED) is 0.918. The van der Waals surface area contributed by atoms with Crippen molar-refractivity contribution in [3.8, 4) is 22.9 Å². The second-order valence-corrected chi connectivity index (χ2v) is 5.25. The highest BCUT2D eigenvalue weighted by molar-refractivity contribution is 6.32. The van der Waals surface area contributed by atoms with E-state index in [1.54, 1.807) is 26.4 Å². The van der Waals surface area contributed by atoms with Crippen LogP contribution in [-0.4, -0.2) is 37.4 Å². The highest BCUT2D eigenvalue weighted by atomic mass is 35.5. The Bertz CT molecular complexity index is 642. The number of benzene rings is 1. The standard InChI is InChI=1S/C14H16ClN3O3.ClH/c1-19-11-6-9(5-10(15)12(11)20-2)13-17-14(21-18-13)8-3-4-16-7-8;/h5-6,8,16H,3-4,7H2,1-2H3;1H/t8-;/m1./s1. The number of nitrogens with one attached hydrogen (secondary N) is 1. The summed E-state index contributed by atoms with van der Waals surface area (Å²) in [4.78, 5) is 4.46. The monoisotopic (exact) mass is 345 g/mol. The third-order valence-electron chi connectivity index (χ3n) is 3.54. The predicted molar refractivity (Wildman–Crippen MR) is 85.3 cm³/mol. The Balaban J connectivity index is 0.00000176. The van der Waals surface area contributed by atoms with E-state index >= 15 is 0 Å². The predicted octanol–water partition coefficient (Wildman–Crippen LogP) is 2.91. The SMILES string of the molecule is COc1cc(-c2noc([C@@H]3CCNC3)n2)cc(Cl)c1OC.Cl. The Morgan fingerprint density at radius 1 is 1.32 bits per heavy atom. The van der Waals surface area contributed by atoms with Gasteiger partial charge in [0.05, 0.1) is 25.2 Å². The van der Waals surface area contributed by atoms with Crippen molar-refractivity contribution < 1.29 is 14.0 Å². The van der Waals surface area contributed by atoms with Crippen LogP contribution < -0.4 is 14.8 Å². The lowest BCUT2D eigenvalue weighted by molar-refractivity contribution is 0.355. The smallest absolute Gasteiger partial charge is 0.231 e. The lowest BCUT2D eigenvalue weighted by Crippen LogP contribution is -2.08. The fourth-order valence-corrected chi connectivity index (χ4v) is 2.72. The number of rotatable bonds is 4. The fourth-order valence-electron chi connectivity index (χ4n) is 2.43. The van der Waals surface area contributed by atoms with Gasteiger partial charge in [-0.2, -0.15) is 4.98 Å². The average Bonchev–Trinajstić information content (AvgIpc) is 3.16. The first-order chi connectivity index (χ1) is 10.2. The van der Waals surface area contributed by atoms with Crippen LogP contribution in [0.1, 0.15) is 18.2 Å². The first-order valence-corrected chi connectivity index (χ1v) is 7.07. The zero-order chi connectivity index (χ0) is 14.8. The first kappa shape index (κ1) is 16.9. The van der Waals surface area contributed by atoms with Crippen molar-refractivity contribution in [3.05, 3.63) is 23.0 Å². The van der Waals surface area contributed by atoms with Crippen molar-refractivity contribution in [1.82, 2.24) is 15.5 Å². The van der Waals surface area contributed by atoms with Crippen LogP contribution in [0, 0.1) is 0 Å². The van der Waals surface area contributed by atoms with Gasteiger partial charge in [0.25, 0.3) is 0 Å². The van der Waals surface area contributed by atoms with Crippen molar-refractivity contribution in [3.63, 3.8) is 0 Å². The van der Waals surface area contributed by atoms with Crippen LogP contribution in [0.15, 0.2) is 16.7 Å². The van der Waals surface area contributed by atoms with Gasteiger partial charge in [-0.15, -0.1) is 12.4 Å². The molecule has 1 aliphatic rings. The zero-order valence-electron chi connectivity index (χ0n) is 12.3. The van der Waals surface area contributed by atoms with Gasteiger partial charge in [-0.05, 0) is 25.1 Å². The molecule has 1 aliphatic heterocycles. The fraction of sp³-hybridized carbons (Fsp3) is 0.429. The molecule has 120 valence electrons. The van der Waals surface area contributed by atoms with Crippen LogP contribution in [-0.2, 0) is 0 Å². The lowest BCUT2D eigenvalue weighted by Gasteiger charge is -2.10. The van der Waals surface area contributed by atoms with E-state index in [4.69, 9.17) is 25.6 Å². The van der Waals surface area contributed by atoms with E-state index in [0.29, 0.717) is 28.2 Å². The molecule has 0 bridgehead atoms. The van der Waals surface area contributed by atoms with Crippen molar-refractivity contribution in [1.29, 1.82) is 0 Å². The molecule has 0 aliphatic carbocycles. The second kappa shape index (κ2) is 7.17. The van der Waals surface area contributed by atoms with Crippen LogP contribution in [0.3, 0.4) is 0 Å². The molecule has 22 heavy (non-hydrogen) atoms. The molecule has 0 amide bonds. The Kier molecular flexibility index (Phi) is 5.50. The molecule has 0 unspecified atom stereocenters. The summed E-state index contributed by atoms with van der Waals surface area (Å²) in [6.45, 7) is 1.85. The largest absolute Gasteiger partial charge is 0.493 e. The van der Waals surface area contributed by atoms with Crippen molar-refractivity contribution in [2.75, 3.05) is 27.3 Å². The van der Waals surface area contributed by atoms with Crippen LogP contribution in [0.25, 0.3) is 11.4 Å². The summed E-state index contributed by atoms with van der Waals surface area (Å²) >= 11 is 6.20. The minimum absolute atomic E-state index is 0. The highest BCUT2D eigenvalue weighted by Gasteiger charge is 2.23. The number of methoxy groups -OCH3 is 2. The number of aromatic nitrogens is 2. The zero-order valence-corrected chi connectivity index (χ0v) is 13.8. The molecule has 0 radical (unpaired) electrons. The third-order valence-corrected chi connectivity index (χ3v) is 3.82. The number of nitrogens with zero attached hydrogens (tertiary/aromatic N) is 2. The molecule has 0 spiro atoms. The van der Waals surface area contributed by atoms with E-state index in [1.165, 1.54) is 0 Å². The van der Waals surface area contributed by atoms with E-state index in [9.17, 15) is 0 Å². The Morgan fingerprint density at radius 2 is 2.14 bits per heavy atom. The van der Waals surface area contributed by atoms with Crippen LogP contribution in [0.5, 0.6) is 11.5 Å². The van der Waals surface area contributed by atoms with E-state index in [-0.39, 0.29) is 18.3 Å². The molecular weight excluding hydrogens is 329 g/mol. The topological polar surface area (TPSA) is 69.4 Å². The lowest BCUT2D eigenvalue weighted by atomic mass is 10.1. The maximum absolute atomic E-state index is 6.20. The van der Waals surface area contributed by atoms with Crippen LogP contribution in [0.4, 0.5) is 0 Å². The van der Waals surface area contributed by atoms with Crippen LogP contribution in [0.2, 0.25) is 5.02 Å². The van der Waals surface area contributed by atoms with E-state index in [2.05, 4.69) is 15.5 Å². The van der Waals surface area contributed by atoms with Crippen LogP contribution >= 0.6 is 24.0 Å². The van der Waals surface area contributed by atoms with Gasteiger partial charge < -0.3 is 19.3 Å². The number of hydrogen-bond acceptors (Lipinski definition) is 6. The summed E-state index contributed by atoms with van der Waals surface area (Å²) < 4.78 is 15.9. The summed E-state index contributed by atoms with van der Waals surface area (Å²) in [7, 11) is 3.10. The minimum atomic E-state index is 0.